The van der Waals surface area contributed by atoms with Gasteiger partial charge in [0, 0.05) is 13.1 Å². The first kappa shape index (κ1) is 16.5. The summed E-state index contributed by atoms with van der Waals surface area (Å²) in [5, 5.41) is 3.50. The van der Waals surface area contributed by atoms with E-state index < -0.39 is 0 Å². The molecule has 0 aromatic heterocycles. The first-order valence-electron chi connectivity index (χ1n) is 8.26. The minimum absolute atomic E-state index is 0.236. The summed E-state index contributed by atoms with van der Waals surface area (Å²) in [6, 6.07) is 9.43. The number of nitrogens with one attached hydrogen (secondary N) is 1. The average molecular weight is 290 g/mol. The van der Waals surface area contributed by atoms with Crippen LogP contribution in [-0.2, 0) is 4.74 Å². The Labute approximate surface area is 129 Å². The molecule has 2 unspecified atom stereocenters. The second kappa shape index (κ2) is 7.92. The lowest BCUT2D eigenvalue weighted by molar-refractivity contribution is -0.0612. The summed E-state index contributed by atoms with van der Waals surface area (Å²) >= 11 is 0. The van der Waals surface area contributed by atoms with Crippen LogP contribution in [0.2, 0.25) is 0 Å². The minimum atomic E-state index is 0.236. The first-order valence-corrected chi connectivity index (χ1v) is 8.26. The van der Waals surface area contributed by atoms with E-state index in [1.807, 2.05) is 0 Å². The summed E-state index contributed by atoms with van der Waals surface area (Å²) in [7, 11) is 2.20. The van der Waals surface area contributed by atoms with Crippen molar-refractivity contribution in [3.63, 3.8) is 0 Å². The maximum atomic E-state index is 6.04. The Balaban J connectivity index is 2.11. The van der Waals surface area contributed by atoms with E-state index >= 15 is 0 Å². The second-order valence-electron chi connectivity index (χ2n) is 6.36. The summed E-state index contributed by atoms with van der Waals surface area (Å²) in [5.74, 6) is 0.585. The van der Waals surface area contributed by atoms with Gasteiger partial charge < -0.3 is 10.1 Å². The van der Waals surface area contributed by atoms with Crippen molar-refractivity contribution >= 4 is 0 Å². The van der Waals surface area contributed by atoms with E-state index in [4.69, 9.17) is 4.74 Å². The van der Waals surface area contributed by atoms with Crippen molar-refractivity contribution in [3.05, 3.63) is 35.4 Å². The monoisotopic (exact) mass is 290 g/mol. The van der Waals surface area contributed by atoms with Gasteiger partial charge in [-0.25, -0.2) is 0 Å². The summed E-state index contributed by atoms with van der Waals surface area (Å²) in [6.07, 6.45) is 1.40. The van der Waals surface area contributed by atoms with Gasteiger partial charge in [-0.1, -0.05) is 45.0 Å². The quantitative estimate of drug-likeness (QED) is 0.814. The molecule has 1 saturated heterocycles. The molecule has 3 nitrogen and oxygen atoms in total. The Morgan fingerprint density at radius 3 is 2.62 bits per heavy atom. The van der Waals surface area contributed by atoms with Crippen molar-refractivity contribution in [2.24, 2.45) is 0 Å². The number of morpholine rings is 1. The minimum Gasteiger partial charge on any atom is -0.374 e. The molecule has 1 N–H and O–H groups in total. The maximum absolute atomic E-state index is 6.04. The molecule has 0 spiro atoms. The maximum Gasteiger partial charge on any atom is 0.0896 e. The molecule has 0 amide bonds. The molecule has 1 aliphatic rings. The molecular formula is C18H30N2O. The Kier molecular flexibility index (Phi) is 6.22. The van der Waals surface area contributed by atoms with Gasteiger partial charge in [-0.3, -0.25) is 4.90 Å². The van der Waals surface area contributed by atoms with Crippen LogP contribution in [0.15, 0.2) is 24.3 Å². The van der Waals surface area contributed by atoms with Gasteiger partial charge in [0.25, 0.3) is 0 Å². The fraction of sp³-hybridized carbons (Fsp3) is 0.667. The van der Waals surface area contributed by atoms with Crippen molar-refractivity contribution in [1.29, 1.82) is 0 Å². The van der Waals surface area contributed by atoms with Gasteiger partial charge >= 0.3 is 0 Å². The summed E-state index contributed by atoms with van der Waals surface area (Å²) < 4.78 is 6.04. The van der Waals surface area contributed by atoms with Crippen molar-refractivity contribution < 1.29 is 4.74 Å². The zero-order valence-electron chi connectivity index (χ0n) is 13.9. The van der Waals surface area contributed by atoms with Crippen molar-refractivity contribution in [2.45, 2.75) is 45.3 Å². The van der Waals surface area contributed by atoms with Crippen molar-refractivity contribution in [3.8, 4) is 0 Å². The lowest BCUT2D eigenvalue weighted by Crippen LogP contribution is -2.47. The first-order chi connectivity index (χ1) is 10.1. The molecule has 2 rings (SSSR count). The van der Waals surface area contributed by atoms with Gasteiger partial charge in [0.05, 0.1) is 18.8 Å². The molecule has 1 fully saturated rings. The topological polar surface area (TPSA) is 24.5 Å². The van der Waals surface area contributed by atoms with Crippen LogP contribution in [0.25, 0.3) is 0 Å². The molecule has 118 valence electrons. The Bertz CT molecular complexity index is 416. The smallest absolute Gasteiger partial charge is 0.0896 e. The van der Waals surface area contributed by atoms with Crippen molar-refractivity contribution in [1.82, 2.24) is 10.2 Å². The molecule has 1 aromatic carbocycles. The molecule has 0 saturated carbocycles. The third kappa shape index (κ3) is 4.29. The molecular weight excluding hydrogens is 260 g/mol. The molecule has 21 heavy (non-hydrogen) atoms. The molecule has 1 aromatic rings. The Morgan fingerprint density at radius 2 is 2.00 bits per heavy atom. The van der Waals surface area contributed by atoms with Gasteiger partial charge in [-0.15, -0.1) is 0 Å². The van der Waals surface area contributed by atoms with Gasteiger partial charge in [0.15, 0.2) is 0 Å². The third-order valence-electron chi connectivity index (χ3n) is 4.32. The van der Waals surface area contributed by atoms with Crippen LogP contribution >= 0.6 is 0 Å². The Hall–Kier alpha value is -0.900. The van der Waals surface area contributed by atoms with Crippen LogP contribution in [0, 0.1) is 0 Å². The molecule has 0 bridgehead atoms. The predicted molar refractivity (Wildman–Crippen MR) is 88.8 cm³/mol. The highest BCUT2D eigenvalue weighted by Crippen LogP contribution is 2.29. The van der Waals surface area contributed by atoms with E-state index in [1.54, 1.807) is 0 Å². The lowest BCUT2D eigenvalue weighted by Gasteiger charge is -2.39. The lowest BCUT2D eigenvalue weighted by atomic mass is 9.95. The molecule has 3 heteroatoms. The molecule has 0 radical (unpaired) electrons. The average Bonchev–Trinajstić information content (AvgIpc) is 2.48. The molecule has 1 heterocycles. The van der Waals surface area contributed by atoms with Crippen LogP contribution in [0.1, 0.15) is 50.3 Å². The standard InChI is InChI=1S/C18H30N2O/c1-5-10-19-13-17-18(20(4)11-12-21-17)16-8-6-15(7-9-16)14(2)3/h6-9,14,17-19H,5,10-13H2,1-4H3. The molecule has 0 aliphatic carbocycles. The normalized spacial score (nSPS) is 23.7. The van der Waals surface area contributed by atoms with Crippen LogP contribution in [-0.4, -0.2) is 44.3 Å². The van der Waals surface area contributed by atoms with Crippen LogP contribution < -0.4 is 5.32 Å². The summed E-state index contributed by atoms with van der Waals surface area (Å²) in [5.41, 5.74) is 2.77. The molecule has 1 aliphatic heterocycles. The highest BCUT2D eigenvalue weighted by molar-refractivity contribution is 5.28. The van der Waals surface area contributed by atoms with Gasteiger partial charge in [0.1, 0.15) is 0 Å². The number of nitrogens with zero attached hydrogens (tertiary/aromatic N) is 1. The van der Waals surface area contributed by atoms with Crippen LogP contribution in [0.4, 0.5) is 0 Å². The summed E-state index contributed by atoms with van der Waals surface area (Å²) in [6.45, 7) is 10.5. The highest BCUT2D eigenvalue weighted by atomic mass is 16.5. The number of rotatable bonds is 6. The van der Waals surface area contributed by atoms with E-state index in [0.717, 1.165) is 32.7 Å². The number of likely N-dealkylation sites (N-methyl/N-ethyl adjacent to an activating group) is 1. The van der Waals surface area contributed by atoms with E-state index in [0.29, 0.717) is 12.0 Å². The zero-order valence-corrected chi connectivity index (χ0v) is 13.9. The highest BCUT2D eigenvalue weighted by Gasteiger charge is 2.31. The van der Waals surface area contributed by atoms with E-state index in [9.17, 15) is 0 Å². The van der Waals surface area contributed by atoms with E-state index in [-0.39, 0.29) is 6.10 Å². The van der Waals surface area contributed by atoms with Crippen molar-refractivity contribution in [2.75, 3.05) is 33.3 Å². The number of hydrogen-bond acceptors (Lipinski definition) is 3. The van der Waals surface area contributed by atoms with E-state index in [1.165, 1.54) is 11.1 Å². The van der Waals surface area contributed by atoms with Crippen LogP contribution in [0.5, 0.6) is 0 Å². The fourth-order valence-electron chi connectivity index (χ4n) is 3.00. The number of ether oxygens (including phenoxy) is 1. The van der Waals surface area contributed by atoms with E-state index in [2.05, 4.69) is 62.3 Å². The Morgan fingerprint density at radius 1 is 1.29 bits per heavy atom. The SMILES string of the molecule is CCCNCC1OCCN(C)C1c1ccc(C(C)C)cc1. The van der Waals surface area contributed by atoms with Gasteiger partial charge in [-0.05, 0) is 37.1 Å². The largest absolute Gasteiger partial charge is 0.374 e. The van der Waals surface area contributed by atoms with Gasteiger partial charge in [0.2, 0.25) is 0 Å². The summed E-state index contributed by atoms with van der Waals surface area (Å²) in [4.78, 5) is 2.42. The zero-order chi connectivity index (χ0) is 15.2. The predicted octanol–water partition coefficient (Wildman–Crippen LogP) is 3.18. The fourth-order valence-corrected chi connectivity index (χ4v) is 3.00. The van der Waals surface area contributed by atoms with Gasteiger partial charge in [-0.2, -0.15) is 0 Å². The third-order valence-corrected chi connectivity index (χ3v) is 4.32. The molecule has 2 atom stereocenters. The number of hydrogen-bond donors (Lipinski definition) is 1. The number of benzene rings is 1. The second-order valence-corrected chi connectivity index (χ2v) is 6.36. The van der Waals surface area contributed by atoms with Crippen LogP contribution in [0.3, 0.4) is 0 Å².